The molecule has 5 nitrogen and oxygen atoms in total. The molecule has 3 aromatic rings. The van der Waals surface area contributed by atoms with Crippen molar-refractivity contribution in [3.63, 3.8) is 0 Å². The normalized spacial score (nSPS) is 10.5. The lowest BCUT2D eigenvalue weighted by molar-refractivity contribution is -0.116. The van der Waals surface area contributed by atoms with E-state index in [0.717, 1.165) is 5.69 Å². The topological polar surface area (TPSA) is 59.8 Å². The molecule has 1 amide bonds. The van der Waals surface area contributed by atoms with E-state index in [4.69, 9.17) is 0 Å². The molecule has 0 fully saturated rings. The Hall–Kier alpha value is -3.02. The summed E-state index contributed by atoms with van der Waals surface area (Å²) in [7, 11) is 0. The molecule has 116 valence electrons. The number of anilines is 1. The number of amides is 1. The van der Waals surface area contributed by atoms with Crippen molar-refractivity contribution in [3.05, 3.63) is 72.6 Å². The predicted molar refractivity (Wildman–Crippen MR) is 84.7 cm³/mol. The molecule has 0 atom stereocenters. The first-order valence-corrected chi connectivity index (χ1v) is 7.21. The van der Waals surface area contributed by atoms with Crippen LogP contribution in [-0.4, -0.2) is 20.7 Å². The van der Waals surface area contributed by atoms with Gasteiger partial charge in [-0.15, -0.1) is 10.2 Å². The van der Waals surface area contributed by atoms with E-state index in [1.165, 1.54) is 6.07 Å². The van der Waals surface area contributed by atoms with E-state index in [1.807, 2.05) is 18.2 Å². The van der Waals surface area contributed by atoms with Crippen molar-refractivity contribution in [1.82, 2.24) is 14.8 Å². The SMILES string of the molecule is O=C(CCc1ccccc1F)Nc1cccc(-n2cnnc2)c1. The summed E-state index contributed by atoms with van der Waals surface area (Å²) in [6.45, 7) is 0. The van der Waals surface area contributed by atoms with Gasteiger partial charge in [0.05, 0.1) is 5.69 Å². The quantitative estimate of drug-likeness (QED) is 0.788. The van der Waals surface area contributed by atoms with Gasteiger partial charge < -0.3 is 5.32 Å². The molecule has 1 aromatic heterocycles. The Morgan fingerprint density at radius 1 is 1.09 bits per heavy atom. The number of hydrogen-bond acceptors (Lipinski definition) is 3. The number of halogens is 1. The number of aryl methyl sites for hydroxylation is 1. The van der Waals surface area contributed by atoms with Gasteiger partial charge in [-0.05, 0) is 36.2 Å². The minimum absolute atomic E-state index is 0.158. The molecule has 0 bridgehead atoms. The highest BCUT2D eigenvalue weighted by atomic mass is 19.1. The van der Waals surface area contributed by atoms with Crippen LogP contribution in [0.15, 0.2) is 61.2 Å². The third kappa shape index (κ3) is 3.79. The summed E-state index contributed by atoms with van der Waals surface area (Å²) in [5, 5.41) is 10.3. The van der Waals surface area contributed by atoms with Crippen LogP contribution in [0.2, 0.25) is 0 Å². The first-order valence-electron chi connectivity index (χ1n) is 7.21. The molecule has 6 heteroatoms. The van der Waals surface area contributed by atoms with E-state index in [2.05, 4.69) is 15.5 Å². The average Bonchev–Trinajstić information content (AvgIpc) is 3.09. The highest BCUT2D eigenvalue weighted by Gasteiger charge is 2.07. The van der Waals surface area contributed by atoms with Gasteiger partial charge in [-0.25, -0.2) is 4.39 Å². The Balaban J connectivity index is 1.62. The molecule has 1 heterocycles. The van der Waals surface area contributed by atoms with Crippen molar-refractivity contribution in [2.24, 2.45) is 0 Å². The summed E-state index contributed by atoms with van der Waals surface area (Å²) in [6.07, 6.45) is 3.75. The number of nitrogens with one attached hydrogen (secondary N) is 1. The van der Waals surface area contributed by atoms with Crippen LogP contribution in [0.1, 0.15) is 12.0 Å². The number of aromatic nitrogens is 3. The number of benzene rings is 2. The lowest BCUT2D eigenvalue weighted by Crippen LogP contribution is -2.12. The summed E-state index contributed by atoms with van der Waals surface area (Å²) in [4.78, 5) is 12.0. The molecule has 0 unspecified atom stereocenters. The van der Waals surface area contributed by atoms with Gasteiger partial charge in [0, 0.05) is 12.1 Å². The van der Waals surface area contributed by atoms with Crippen molar-refractivity contribution in [1.29, 1.82) is 0 Å². The lowest BCUT2D eigenvalue weighted by atomic mass is 10.1. The van der Waals surface area contributed by atoms with Gasteiger partial charge in [0.2, 0.25) is 5.91 Å². The van der Waals surface area contributed by atoms with E-state index >= 15 is 0 Å². The van der Waals surface area contributed by atoms with Crippen molar-refractivity contribution >= 4 is 11.6 Å². The zero-order chi connectivity index (χ0) is 16.1. The van der Waals surface area contributed by atoms with Crippen LogP contribution < -0.4 is 5.32 Å². The number of rotatable bonds is 5. The van der Waals surface area contributed by atoms with Crippen LogP contribution in [-0.2, 0) is 11.2 Å². The smallest absolute Gasteiger partial charge is 0.224 e. The van der Waals surface area contributed by atoms with Gasteiger partial charge in [-0.2, -0.15) is 0 Å². The van der Waals surface area contributed by atoms with Crippen LogP contribution in [0, 0.1) is 5.82 Å². The maximum atomic E-state index is 13.5. The van der Waals surface area contributed by atoms with Crippen molar-refractivity contribution in [2.75, 3.05) is 5.32 Å². The second-order valence-corrected chi connectivity index (χ2v) is 5.06. The third-order valence-corrected chi connectivity index (χ3v) is 3.43. The van der Waals surface area contributed by atoms with Crippen molar-refractivity contribution in [3.8, 4) is 5.69 Å². The standard InChI is InChI=1S/C17H15FN4O/c18-16-7-2-1-4-13(16)8-9-17(23)21-14-5-3-6-15(10-14)22-11-19-20-12-22/h1-7,10-12H,8-9H2,(H,21,23). The highest BCUT2D eigenvalue weighted by Crippen LogP contribution is 2.15. The number of nitrogens with zero attached hydrogens (tertiary/aromatic N) is 3. The fraction of sp³-hybridized carbons (Fsp3) is 0.118. The fourth-order valence-corrected chi connectivity index (χ4v) is 2.25. The van der Waals surface area contributed by atoms with Crippen LogP contribution >= 0.6 is 0 Å². The highest BCUT2D eigenvalue weighted by molar-refractivity contribution is 5.91. The summed E-state index contributed by atoms with van der Waals surface area (Å²) < 4.78 is 15.3. The van der Waals surface area contributed by atoms with Crippen LogP contribution in [0.5, 0.6) is 0 Å². The van der Waals surface area contributed by atoms with E-state index in [9.17, 15) is 9.18 Å². The second kappa shape index (κ2) is 6.83. The summed E-state index contributed by atoms with van der Waals surface area (Å²) in [5.41, 5.74) is 2.07. The number of hydrogen-bond donors (Lipinski definition) is 1. The molecule has 0 saturated heterocycles. The monoisotopic (exact) mass is 310 g/mol. The van der Waals surface area contributed by atoms with E-state index in [0.29, 0.717) is 17.7 Å². The Bertz CT molecular complexity index is 802. The number of carbonyl (C=O) groups excluding carboxylic acids is 1. The van der Waals surface area contributed by atoms with Crippen LogP contribution in [0.25, 0.3) is 5.69 Å². The molecule has 0 aliphatic rings. The predicted octanol–water partition coefficient (Wildman–Crippen LogP) is 2.98. The Labute approximate surface area is 132 Å². The van der Waals surface area contributed by atoms with Gasteiger partial charge in [-0.1, -0.05) is 24.3 Å². The minimum Gasteiger partial charge on any atom is -0.326 e. The molecule has 0 radical (unpaired) electrons. The van der Waals surface area contributed by atoms with Gasteiger partial charge in [0.15, 0.2) is 0 Å². The third-order valence-electron chi connectivity index (χ3n) is 3.43. The maximum absolute atomic E-state index is 13.5. The van der Waals surface area contributed by atoms with Crippen LogP contribution in [0.4, 0.5) is 10.1 Å². The van der Waals surface area contributed by atoms with Gasteiger partial charge in [-0.3, -0.25) is 9.36 Å². The zero-order valence-corrected chi connectivity index (χ0v) is 12.3. The molecular formula is C17H15FN4O. The van der Waals surface area contributed by atoms with Gasteiger partial charge in [0.1, 0.15) is 18.5 Å². The summed E-state index contributed by atoms with van der Waals surface area (Å²) in [5.74, 6) is -0.441. The minimum atomic E-state index is -0.282. The van der Waals surface area contributed by atoms with Crippen molar-refractivity contribution < 1.29 is 9.18 Å². The first-order chi connectivity index (χ1) is 11.2. The molecule has 3 rings (SSSR count). The Morgan fingerprint density at radius 2 is 1.87 bits per heavy atom. The molecule has 0 aliphatic carbocycles. The molecule has 2 aromatic carbocycles. The van der Waals surface area contributed by atoms with Gasteiger partial charge >= 0.3 is 0 Å². The average molecular weight is 310 g/mol. The van der Waals surface area contributed by atoms with Crippen LogP contribution in [0.3, 0.4) is 0 Å². The van der Waals surface area contributed by atoms with E-state index in [1.54, 1.807) is 41.5 Å². The van der Waals surface area contributed by atoms with E-state index < -0.39 is 0 Å². The zero-order valence-electron chi connectivity index (χ0n) is 12.3. The summed E-state index contributed by atoms with van der Waals surface area (Å²) >= 11 is 0. The largest absolute Gasteiger partial charge is 0.326 e. The molecular weight excluding hydrogens is 295 g/mol. The summed E-state index contributed by atoms with van der Waals surface area (Å²) in [6, 6.07) is 13.8. The van der Waals surface area contributed by atoms with E-state index in [-0.39, 0.29) is 18.1 Å². The Morgan fingerprint density at radius 3 is 2.65 bits per heavy atom. The van der Waals surface area contributed by atoms with Gasteiger partial charge in [0.25, 0.3) is 0 Å². The molecule has 23 heavy (non-hydrogen) atoms. The van der Waals surface area contributed by atoms with Crippen molar-refractivity contribution in [2.45, 2.75) is 12.8 Å². The Kier molecular flexibility index (Phi) is 4.42. The first kappa shape index (κ1) is 14.9. The molecule has 0 spiro atoms. The molecule has 1 N–H and O–H groups in total. The molecule has 0 saturated carbocycles. The lowest BCUT2D eigenvalue weighted by Gasteiger charge is -2.08. The number of carbonyl (C=O) groups is 1. The molecule has 0 aliphatic heterocycles. The maximum Gasteiger partial charge on any atom is 0.224 e. The fourth-order valence-electron chi connectivity index (χ4n) is 2.25. The second-order valence-electron chi connectivity index (χ2n) is 5.06.